The van der Waals surface area contributed by atoms with E-state index in [9.17, 15) is 29.8 Å². The fourth-order valence-corrected chi connectivity index (χ4v) is 5.90. The van der Waals surface area contributed by atoms with Crippen molar-refractivity contribution in [2.75, 3.05) is 25.6 Å². The molecular weight excluding hydrogens is 602 g/mol. The van der Waals surface area contributed by atoms with Crippen LogP contribution in [0.1, 0.15) is 31.0 Å². The number of fused-ring (bicyclic) bond motifs is 1. The minimum Gasteiger partial charge on any atom is -0.463 e. The van der Waals surface area contributed by atoms with Gasteiger partial charge in [0.25, 0.3) is 11.2 Å². The van der Waals surface area contributed by atoms with E-state index in [1.54, 1.807) is 44.2 Å². The lowest BCUT2D eigenvalue weighted by molar-refractivity contribution is -0.394. The smallest absolute Gasteiger partial charge is 0.338 e. The predicted octanol–water partition coefficient (Wildman–Crippen LogP) is 4.47. The summed E-state index contributed by atoms with van der Waals surface area (Å²) >= 11 is 1.12. The molecule has 2 heterocycles. The number of para-hydroxylation sites is 1. The van der Waals surface area contributed by atoms with Crippen molar-refractivity contribution in [2.45, 2.75) is 19.9 Å². The van der Waals surface area contributed by atoms with Gasteiger partial charge in [0.1, 0.15) is 5.75 Å². The Morgan fingerprint density at radius 2 is 1.76 bits per heavy atom. The molecule has 230 valence electrons. The lowest BCUT2D eigenvalue weighted by atomic mass is 9.95. The summed E-state index contributed by atoms with van der Waals surface area (Å²) in [6, 6.07) is 16.4. The quantitative estimate of drug-likeness (QED) is 0.148. The van der Waals surface area contributed by atoms with Crippen LogP contribution in [-0.2, 0) is 9.53 Å². The maximum Gasteiger partial charge on any atom is 0.338 e. The molecule has 5 rings (SSSR count). The molecule has 0 unspecified atom stereocenters. The molecule has 4 aromatic rings. The molecule has 14 heteroatoms. The number of nitro groups is 2. The van der Waals surface area contributed by atoms with Gasteiger partial charge in [0, 0.05) is 31.4 Å². The molecule has 0 aliphatic carbocycles. The van der Waals surface area contributed by atoms with Crippen LogP contribution in [0.25, 0.3) is 6.08 Å². The third-order valence-corrected chi connectivity index (χ3v) is 8.00. The van der Waals surface area contributed by atoms with Gasteiger partial charge in [-0.1, -0.05) is 41.7 Å². The second-order valence-corrected chi connectivity index (χ2v) is 11.1. The normalized spacial score (nSPS) is 14.4. The van der Waals surface area contributed by atoms with Crippen molar-refractivity contribution >= 4 is 40.4 Å². The Bertz CT molecular complexity index is 2050. The Labute approximate surface area is 259 Å². The highest BCUT2D eigenvalue weighted by atomic mass is 32.1. The predicted molar refractivity (Wildman–Crippen MR) is 167 cm³/mol. The largest absolute Gasteiger partial charge is 0.463 e. The number of non-ortho nitro benzene ring substituents is 1. The van der Waals surface area contributed by atoms with E-state index < -0.39 is 38.8 Å². The summed E-state index contributed by atoms with van der Waals surface area (Å²) in [7, 11) is 3.82. The first kappa shape index (κ1) is 30.8. The number of nitro benzene ring substituents is 2. The summed E-state index contributed by atoms with van der Waals surface area (Å²) in [5.41, 5.74) is 1.29. The summed E-state index contributed by atoms with van der Waals surface area (Å²) in [4.78, 5) is 55.4. The van der Waals surface area contributed by atoms with Gasteiger partial charge in [0.05, 0.1) is 44.4 Å². The van der Waals surface area contributed by atoms with Crippen molar-refractivity contribution in [3.63, 3.8) is 0 Å². The first-order valence-corrected chi connectivity index (χ1v) is 14.5. The van der Waals surface area contributed by atoms with E-state index in [-0.39, 0.29) is 28.2 Å². The van der Waals surface area contributed by atoms with E-state index in [0.717, 1.165) is 35.2 Å². The van der Waals surface area contributed by atoms with Gasteiger partial charge in [-0.15, -0.1) is 0 Å². The van der Waals surface area contributed by atoms with Gasteiger partial charge in [-0.25, -0.2) is 9.79 Å². The first-order valence-electron chi connectivity index (χ1n) is 13.7. The third-order valence-electron chi connectivity index (χ3n) is 7.02. The van der Waals surface area contributed by atoms with E-state index in [0.29, 0.717) is 21.6 Å². The number of rotatable bonds is 9. The van der Waals surface area contributed by atoms with E-state index in [1.165, 1.54) is 4.57 Å². The number of ether oxygens (including phenoxy) is 2. The average Bonchev–Trinajstić information content (AvgIpc) is 3.31. The molecule has 13 nitrogen and oxygen atoms in total. The third kappa shape index (κ3) is 6.08. The second kappa shape index (κ2) is 12.5. The van der Waals surface area contributed by atoms with Gasteiger partial charge in [-0.05, 0) is 49.8 Å². The number of esters is 1. The van der Waals surface area contributed by atoms with E-state index in [1.807, 2.05) is 43.3 Å². The highest BCUT2D eigenvalue weighted by Crippen LogP contribution is 2.36. The SMILES string of the molecule is CCOC(=O)C1=C(C)N=c2s/c(=C\c3ccccc3Oc3ccc([N+](=O)[O-])cc3[N+](=O)[O-])c(=O)n2[C@@H]1c1ccc(N(C)C)cc1. The molecule has 45 heavy (non-hydrogen) atoms. The molecule has 1 aliphatic rings. The molecule has 0 saturated heterocycles. The molecule has 0 amide bonds. The number of hydrogen-bond acceptors (Lipinski definition) is 11. The molecule has 1 aliphatic heterocycles. The number of nitrogens with zero attached hydrogens (tertiary/aromatic N) is 5. The number of carbonyl (C=O) groups is 1. The molecule has 1 aromatic heterocycles. The van der Waals surface area contributed by atoms with Crippen LogP contribution in [0.2, 0.25) is 0 Å². The van der Waals surface area contributed by atoms with Crippen LogP contribution < -0.4 is 24.5 Å². The van der Waals surface area contributed by atoms with Crippen LogP contribution in [0.4, 0.5) is 17.1 Å². The lowest BCUT2D eigenvalue weighted by Gasteiger charge is -2.25. The number of carbonyl (C=O) groups excluding carboxylic acids is 1. The highest BCUT2D eigenvalue weighted by molar-refractivity contribution is 7.07. The Hall–Kier alpha value is -5.63. The van der Waals surface area contributed by atoms with Crippen molar-refractivity contribution in [3.05, 3.63) is 129 Å². The molecule has 0 N–H and O–H groups in total. The number of aromatic nitrogens is 1. The summed E-state index contributed by atoms with van der Waals surface area (Å²) in [5, 5.41) is 22.8. The van der Waals surface area contributed by atoms with Crippen LogP contribution in [0.3, 0.4) is 0 Å². The fourth-order valence-electron chi connectivity index (χ4n) is 4.86. The number of allylic oxidation sites excluding steroid dienone is 1. The van der Waals surface area contributed by atoms with Gasteiger partial charge in [0.15, 0.2) is 4.80 Å². The molecule has 0 bridgehead atoms. The summed E-state index contributed by atoms with van der Waals surface area (Å²) in [6.45, 7) is 3.55. The molecule has 0 saturated carbocycles. The zero-order valence-electron chi connectivity index (χ0n) is 24.6. The van der Waals surface area contributed by atoms with E-state index in [2.05, 4.69) is 4.99 Å². The highest BCUT2D eigenvalue weighted by Gasteiger charge is 2.33. The molecule has 0 spiro atoms. The number of thiazole rings is 1. The second-order valence-electron chi connectivity index (χ2n) is 10.1. The molecule has 0 radical (unpaired) electrons. The summed E-state index contributed by atoms with van der Waals surface area (Å²) in [5.74, 6) is -0.596. The van der Waals surface area contributed by atoms with Gasteiger partial charge < -0.3 is 14.4 Å². The molecule has 0 fully saturated rings. The molecule has 1 atom stereocenters. The number of hydrogen-bond donors (Lipinski definition) is 0. The lowest BCUT2D eigenvalue weighted by Crippen LogP contribution is -2.39. The van der Waals surface area contributed by atoms with Crippen LogP contribution in [0.15, 0.2) is 87.8 Å². The average molecular weight is 630 g/mol. The van der Waals surface area contributed by atoms with Gasteiger partial charge in [-0.3, -0.25) is 29.6 Å². The molecular formula is C31H27N5O8S. The van der Waals surface area contributed by atoms with Crippen LogP contribution >= 0.6 is 11.3 Å². The number of anilines is 1. The standard InChI is InChI=1S/C31H27N5O8S/c1-5-43-30(38)27-18(2)32-31-34(28(27)19-10-12-21(13-11-19)33(3)4)29(37)26(45-31)16-20-8-6-7-9-24(20)44-25-15-14-22(35(39)40)17-23(25)36(41)42/h6-17,28H,5H2,1-4H3/b26-16-/t28-/m1/s1. The van der Waals surface area contributed by atoms with Gasteiger partial charge in [-0.2, -0.15) is 0 Å². The monoisotopic (exact) mass is 629 g/mol. The minimum absolute atomic E-state index is 0.149. The van der Waals surface area contributed by atoms with Crippen molar-refractivity contribution in [1.29, 1.82) is 0 Å². The zero-order valence-corrected chi connectivity index (χ0v) is 25.4. The fraction of sp³-hybridized carbons (Fsp3) is 0.194. The van der Waals surface area contributed by atoms with E-state index in [4.69, 9.17) is 9.47 Å². The summed E-state index contributed by atoms with van der Waals surface area (Å²) in [6.07, 6.45) is 1.58. The van der Waals surface area contributed by atoms with Gasteiger partial charge >= 0.3 is 11.7 Å². The maximum atomic E-state index is 14.0. The number of benzene rings is 3. The van der Waals surface area contributed by atoms with Crippen molar-refractivity contribution in [2.24, 2.45) is 4.99 Å². The zero-order chi connectivity index (χ0) is 32.4. The first-order chi connectivity index (χ1) is 21.5. The Kier molecular flexibility index (Phi) is 8.59. The Balaban J connectivity index is 1.64. The van der Waals surface area contributed by atoms with E-state index >= 15 is 0 Å². The minimum atomic E-state index is -0.798. The van der Waals surface area contributed by atoms with Crippen molar-refractivity contribution < 1.29 is 24.1 Å². The topological polar surface area (TPSA) is 159 Å². The van der Waals surface area contributed by atoms with Crippen molar-refractivity contribution in [1.82, 2.24) is 4.57 Å². The maximum absolute atomic E-state index is 14.0. The van der Waals surface area contributed by atoms with Gasteiger partial charge in [0.2, 0.25) is 5.75 Å². The Morgan fingerprint density at radius 3 is 2.40 bits per heavy atom. The summed E-state index contributed by atoms with van der Waals surface area (Å²) < 4.78 is 13.0. The molecule has 3 aromatic carbocycles. The van der Waals surface area contributed by atoms with Crippen LogP contribution in [-0.4, -0.2) is 41.1 Å². The van der Waals surface area contributed by atoms with Crippen LogP contribution in [0, 0.1) is 20.2 Å². The Morgan fingerprint density at radius 1 is 1.04 bits per heavy atom. The van der Waals surface area contributed by atoms with Crippen LogP contribution in [0.5, 0.6) is 11.5 Å². The van der Waals surface area contributed by atoms with Crippen molar-refractivity contribution in [3.8, 4) is 11.5 Å².